The van der Waals surface area contributed by atoms with Gasteiger partial charge in [-0.1, -0.05) is 18.2 Å². The fourth-order valence-electron chi connectivity index (χ4n) is 1.88. The van der Waals surface area contributed by atoms with E-state index in [9.17, 15) is 4.79 Å². The molecule has 0 unspecified atom stereocenters. The largest absolute Gasteiger partial charge is 0.370 e. The van der Waals surface area contributed by atoms with Crippen molar-refractivity contribution in [3.8, 4) is 0 Å². The summed E-state index contributed by atoms with van der Waals surface area (Å²) in [5.41, 5.74) is 5.15. The normalized spacial score (nSPS) is 19.5. The number of amides is 1. The van der Waals surface area contributed by atoms with Crippen LogP contribution in [0.2, 0.25) is 0 Å². The molecule has 1 saturated heterocycles. The van der Waals surface area contributed by atoms with Crippen LogP contribution in [-0.4, -0.2) is 30.4 Å². The first kappa shape index (κ1) is 11.5. The number of halogens is 1. The fourth-order valence-corrected chi connectivity index (χ4v) is 2.04. The number of nitrogens with zero attached hydrogens (tertiary/aromatic N) is 1. The molecule has 14 heavy (non-hydrogen) atoms. The summed E-state index contributed by atoms with van der Waals surface area (Å²) in [6, 6.07) is 0. The lowest BCUT2D eigenvalue weighted by Gasteiger charge is -2.31. The maximum absolute atomic E-state index is 10.7. The second-order valence-electron chi connectivity index (χ2n) is 3.91. The standard InChI is InChI=1S/C10H17ClN2O/c1-8(11)7-13-4-2-9(3-5-13)6-10(12)14/h9H,1-7H2,(H2,12,14). The third-order valence-corrected chi connectivity index (χ3v) is 2.71. The van der Waals surface area contributed by atoms with Crippen molar-refractivity contribution >= 4 is 17.5 Å². The van der Waals surface area contributed by atoms with E-state index < -0.39 is 0 Å². The van der Waals surface area contributed by atoms with E-state index in [2.05, 4.69) is 11.5 Å². The highest BCUT2D eigenvalue weighted by atomic mass is 35.5. The predicted octanol–water partition coefficient (Wildman–Crippen LogP) is 1.33. The highest BCUT2D eigenvalue weighted by molar-refractivity contribution is 6.29. The van der Waals surface area contributed by atoms with Crippen LogP contribution < -0.4 is 5.73 Å². The van der Waals surface area contributed by atoms with Gasteiger partial charge in [0.25, 0.3) is 0 Å². The van der Waals surface area contributed by atoms with Gasteiger partial charge in [0.2, 0.25) is 5.91 Å². The third-order valence-electron chi connectivity index (χ3n) is 2.59. The highest BCUT2D eigenvalue weighted by Crippen LogP contribution is 2.20. The lowest BCUT2D eigenvalue weighted by atomic mass is 9.93. The number of primary amides is 1. The van der Waals surface area contributed by atoms with Crippen molar-refractivity contribution in [2.24, 2.45) is 11.7 Å². The lowest BCUT2D eigenvalue weighted by molar-refractivity contribution is -0.119. The maximum Gasteiger partial charge on any atom is 0.217 e. The molecule has 0 aromatic heterocycles. The minimum absolute atomic E-state index is 0.190. The second kappa shape index (κ2) is 5.37. The summed E-state index contributed by atoms with van der Waals surface area (Å²) in [4.78, 5) is 13.0. The maximum atomic E-state index is 10.7. The topological polar surface area (TPSA) is 46.3 Å². The Labute approximate surface area is 89.9 Å². The molecule has 0 aliphatic carbocycles. The van der Waals surface area contributed by atoms with E-state index in [0.29, 0.717) is 17.4 Å². The molecule has 1 aliphatic rings. The lowest BCUT2D eigenvalue weighted by Crippen LogP contribution is -2.35. The van der Waals surface area contributed by atoms with Crippen LogP contribution in [0.5, 0.6) is 0 Å². The van der Waals surface area contributed by atoms with E-state index in [4.69, 9.17) is 17.3 Å². The van der Waals surface area contributed by atoms with Crippen LogP contribution in [0.25, 0.3) is 0 Å². The smallest absolute Gasteiger partial charge is 0.217 e. The van der Waals surface area contributed by atoms with Gasteiger partial charge in [-0.05, 0) is 31.8 Å². The van der Waals surface area contributed by atoms with E-state index in [-0.39, 0.29) is 5.91 Å². The van der Waals surface area contributed by atoms with Gasteiger partial charge < -0.3 is 5.73 Å². The van der Waals surface area contributed by atoms with Crippen molar-refractivity contribution in [3.05, 3.63) is 11.6 Å². The van der Waals surface area contributed by atoms with Crippen molar-refractivity contribution in [3.63, 3.8) is 0 Å². The number of rotatable bonds is 4. The summed E-state index contributed by atoms with van der Waals surface area (Å²) in [5, 5.41) is 0.679. The number of carbonyl (C=O) groups excluding carboxylic acids is 1. The van der Waals surface area contributed by atoms with Gasteiger partial charge in [0, 0.05) is 18.0 Å². The summed E-state index contributed by atoms with van der Waals surface area (Å²) >= 11 is 5.72. The molecule has 0 aromatic rings. The van der Waals surface area contributed by atoms with Gasteiger partial charge in [0.15, 0.2) is 0 Å². The van der Waals surface area contributed by atoms with Gasteiger partial charge in [-0.25, -0.2) is 0 Å². The molecule has 4 heteroatoms. The Hall–Kier alpha value is -0.540. The Morgan fingerprint density at radius 1 is 1.50 bits per heavy atom. The SMILES string of the molecule is C=C(Cl)CN1CCC(CC(N)=O)CC1. The molecule has 0 radical (unpaired) electrons. The zero-order chi connectivity index (χ0) is 10.6. The van der Waals surface area contributed by atoms with Crippen LogP contribution in [0.4, 0.5) is 0 Å². The first-order valence-electron chi connectivity index (χ1n) is 4.92. The van der Waals surface area contributed by atoms with Crippen LogP contribution in [0.1, 0.15) is 19.3 Å². The molecule has 1 aliphatic heterocycles. The van der Waals surface area contributed by atoms with Gasteiger partial charge in [-0.15, -0.1) is 0 Å². The first-order valence-corrected chi connectivity index (χ1v) is 5.29. The molecule has 0 atom stereocenters. The van der Waals surface area contributed by atoms with Gasteiger partial charge in [-0.3, -0.25) is 9.69 Å². The summed E-state index contributed by atoms with van der Waals surface area (Å²) in [7, 11) is 0. The minimum atomic E-state index is -0.190. The van der Waals surface area contributed by atoms with Crippen molar-refractivity contribution in [2.45, 2.75) is 19.3 Å². The number of hydrogen-bond donors (Lipinski definition) is 1. The summed E-state index contributed by atoms with van der Waals surface area (Å²) in [6.07, 6.45) is 2.59. The van der Waals surface area contributed by atoms with Gasteiger partial charge in [-0.2, -0.15) is 0 Å². The van der Waals surface area contributed by atoms with Crippen molar-refractivity contribution in [1.29, 1.82) is 0 Å². The zero-order valence-electron chi connectivity index (χ0n) is 8.34. The Bertz CT molecular complexity index is 198. The fraction of sp³-hybridized carbons (Fsp3) is 0.700. The molecular formula is C10H17ClN2O. The molecule has 0 spiro atoms. The number of hydrogen-bond acceptors (Lipinski definition) is 2. The average Bonchev–Trinajstić information content (AvgIpc) is 2.06. The monoisotopic (exact) mass is 216 g/mol. The Kier molecular flexibility index (Phi) is 4.42. The Balaban J connectivity index is 2.24. The summed E-state index contributed by atoms with van der Waals surface area (Å²) in [6.45, 7) is 6.40. The van der Waals surface area contributed by atoms with Crippen LogP contribution in [0.3, 0.4) is 0 Å². The zero-order valence-corrected chi connectivity index (χ0v) is 9.09. The molecule has 1 heterocycles. The Morgan fingerprint density at radius 3 is 2.50 bits per heavy atom. The van der Waals surface area contributed by atoms with Crippen LogP contribution in [0, 0.1) is 5.92 Å². The minimum Gasteiger partial charge on any atom is -0.370 e. The third kappa shape index (κ3) is 4.11. The molecule has 0 saturated carbocycles. The van der Waals surface area contributed by atoms with Crippen LogP contribution in [0.15, 0.2) is 11.6 Å². The number of nitrogens with two attached hydrogens (primary N) is 1. The number of likely N-dealkylation sites (tertiary alicyclic amines) is 1. The van der Waals surface area contributed by atoms with E-state index in [1.54, 1.807) is 0 Å². The van der Waals surface area contributed by atoms with Crippen molar-refractivity contribution < 1.29 is 4.79 Å². The molecule has 3 nitrogen and oxygen atoms in total. The summed E-state index contributed by atoms with van der Waals surface area (Å²) < 4.78 is 0. The average molecular weight is 217 g/mol. The molecule has 80 valence electrons. The molecule has 0 aromatic carbocycles. The molecule has 0 bridgehead atoms. The summed E-state index contributed by atoms with van der Waals surface area (Å²) in [5.74, 6) is 0.276. The van der Waals surface area contributed by atoms with Gasteiger partial charge >= 0.3 is 0 Å². The quantitative estimate of drug-likeness (QED) is 0.771. The van der Waals surface area contributed by atoms with Crippen LogP contribution in [-0.2, 0) is 4.79 Å². The van der Waals surface area contributed by atoms with Crippen molar-refractivity contribution in [1.82, 2.24) is 4.90 Å². The molecular weight excluding hydrogens is 200 g/mol. The Morgan fingerprint density at radius 2 is 2.07 bits per heavy atom. The number of piperidine rings is 1. The predicted molar refractivity (Wildman–Crippen MR) is 58.0 cm³/mol. The van der Waals surface area contributed by atoms with Crippen LogP contribution >= 0.6 is 11.6 Å². The molecule has 1 rings (SSSR count). The van der Waals surface area contributed by atoms with E-state index in [1.165, 1.54) is 0 Å². The van der Waals surface area contributed by atoms with E-state index in [0.717, 1.165) is 32.5 Å². The highest BCUT2D eigenvalue weighted by Gasteiger charge is 2.20. The molecule has 1 fully saturated rings. The second-order valence-corrected chi connectivity index (χ2v) is 4.44. The van der Waals surface area contributed by atoms with Gasteiger partial charge in [0.1, 0.15) is 0 Å². The van der Waals surface area contributed by atoms with E-state index >= 15 is 0 Å². The number of carbonyl (C=O) groups is 1. The van der Waals surface area contributed by atoms with E-state index in [1.807, 2.05) is 0 Å². The molecule has 2 N–H and O–H groups in total. The van der Waals surface area contributed by atoms with Gasteiger partial charge in [0.05, 0.1) is 0 Å². The molecule has 1 amide bonds. The van der Waals surface area contributed by atoms with Crippen molar-refractivity contribution in [2.75, 3.05) is 19.6 Å². The first-order chi connectivity index (χ1) is 6.58.